The third-order valence-corrected chi connectivity index (χ3v) is 3.91. The van der Waals surface area contributed by atoms with Gasteiger partial charge in [-0.25, -0.2) is 0 Å². The number of hydrogen-bond acceptors (Lipinski definition) is 3. The number of rotatable bonds is 2. The van der Waals surface area contributed by atoms with Gasteiger partial charge in [0.05, 0.1) is 0 Å². The fourth-order valence-electron chi connectivity index (χ4n) is 2.58. The molecule has 0 aromatic carbocycles. The predicted octanol–water partition coefficient (Wildman–Crippen LogP) is 1.17. The van der Waals surface area contributed by atoms with Crippen molar-refractivity contribution in [2.24, 2.45) is 5.92 Å². The molecule has 1 saturated heterocycles. The molecule has 3 rings (SSSR count). The van der Waals surface area contributed by atoms with Crippen molar-refractivity contribution in [3.05, 3.63) is 30.1 Å². The Labute approximate surface area is 118 Å². The van der Waals surface area contributed by atoms with E-state index in [0.717, 1.165) is 25.8 Å². The molecule has 5 nitrogen and oxygen atoms in total. The van der Waals surface area contributed by atoms with Gasteiger partial charge in [0.1, 0.15) is 5.69 Å². The molecule has 2 aliphatic rings. The second-order valence-electron chi connectivity index (χ2n) is 5.46. The van der Waals surface area contributed by atoms with Crippen molar-refractivity contribution in [2.75, 3.05) is 26.2 Å². The maximum Gasteiger partial charge on any atom is 0.272 e. The summed E-state index contributed by atoms with van der Waals surface area (Å²) in [7, 11) is 0. The van der Waals surface area contributed by atoms with Crippen LogP contribution in [0.25, 0.3) is 0 Å². The number of hydrogen-bond donors (Lipinski definition) is 0. The van der Waals surface area contributed by atoms with E-state index in [0.29, 0.717) is 25.3 Å². The molecule has 2 fully saturated rings. The van der Waals surface area contributed by atoms with E-state index in [1.54, 1.807) is 18.3 Å². The summed E-state index contributed by atoms with van der Waals surface area (Å²) in [5, 5.41) is 0. The molecule has 0 atom stereocenters. The number of nitrogens with zero attached hydrogens (tertiary/aromatic N) is 3. The SMILES string of the molecule is O=C(c1ccccn1)N1CCCN(C(=O)C2CC2)CC1. The quantitative estimate of drug-likeness (QED) is 0.812. The summed E-state index contributed by atoms with van der Waals surface area (Å²) in [5.74, 6) is 0.497. The lowest BCUT2D eigenvalue weighted by Gasteiger charge is -2.22. The first kappa shape index (κ1) is 13.1. The van der Waals surface area contributed by atoms with Crippen LogP contribution in [-0.4, -0.2) is 52.8 Å². The first-order valence-corrected chi connectivity index (χ1v) is 7.25. The molecule has 1 aromatic rings. The number of amides is 2. The minimum Gasteiger partial charge on any atom is -0.341 e. The van der Waals surface area contributed by atoms with Crippen molar-refractivity contribution in [3.63, 3.8) is 0 Å². The molecule has 1 aliphatic heterocycles. The minimum atomic E-state index is -0.0358. The highest BCUT2D eigenvalue weighted by molar-refractivity contribution is 5.92. The van der Waals surface area contributed by atoms with Gasteiger partial charge < -0.3 is 9.80 Å². The summed E-state index contributed by atoms with van der Waals surface area (Å²) in [6, 6.07) is 5.36. The standard InChI is InChI=1S/C15H19N3O2/c19-14(12-5-6-12)17-8-3-9-18(11-10-17)15(20)13-4-1-2-7-16-13/h1-2,4,7,12H,3,5-6,8-11H2. The third kappa shape index (κ3) is 2.81. The van der Waals surface area contributed by atoms with E-state index >= 15 is 0 Å². The Balaban J connectivity index is 1.62. The van der Waals surface area contributed by atoms with Crippen molar-refractivity contribution in [2.45, 2.75) is 19.3 Å². The Kier molecular flexibility index (Phi) is 3.67. The lowest BCUT2D eigenvalue weighted by molar-refractivity contribution is -0.132. The van der Waals surface area contributed by atoms with Gasteiger partial charge >= 0.3 is 0 Å². The molecule has 5 heteroatoms. The van der Waals surface area contributed by atoms with Gasteiger partial charge in [0.15, 0.2) is 0 Å². The Bertz CT molecular complexity index is 499. The zero-order valence-electron chi connectivity index (χ0n) is 11.5. The van der Waals surface area contributed by atoms with Crippen LogP contribution in [0.4, 0.5) is 0 Å². The first-order chi connectivity index (χ1) is 9.75. The smallest absolute Gasteiger partial charge is 0.272 e. The van der Waals surface area contributed by atoms with Crippen molar-refractivity contribution >= 4 is 11.8 Å². The highest BCUT2D eigenvalue weighted by atomic mass is 16.2. The van der Waals surface area contributed by atoms with Crippen LogP contribution in [0.1, 0.15) is 29.8 Å². The number of pyridine rings is 1. The number of carbonyl (C=O) groups excluding carboxylic acids is 2. The molecule has 0 spiro atoms. The van der Waals surface area contributed by atoms with Gasteiger partial charge in [-0.1, -0.05) is 6.07 Å². The van der Waals surface area contributed by atoms with Gasteiger partial charge in [-0.2, -0.15) is 0 Å². The lowest BCUT2D eigenvalue weighted by Crippen LogP contribution is -2.38. The molecule has 1 aliphatic carbocycles. The Hall–Kier alpha value is -1.91. The van der Waals surface area contributed by atoms with Crippen LogP contribution in [-0.2, 0) is 4.79 Å². The van der Waals surface area contributed by atoms with Crippen LogP contribution in [0.5, 0.6) is 0 Å². The molecule has 0 unspecified atom stereocenters. The average molecular weight is 273 g/mol. The highest BCUT2D eigenvalue weighted by Gasteiger charge is 2.34. The van der Waals surface area contributed by atoms with E-state index in [4.69, 9.17) is 0 Å². The molecule has 0 N–H and O–H groups in total. The summed E-state index contributed by atoms with van der Waals surface area (Å²) in [6.07, 6.45) is 4.54. The van der Waals surface area contributed by atoms with Crippen molar-refractivity contribution < 1.29 is 9.59 Å². The maximum absolute atomic E-state index is 12.3. The van der Waals surface area contributed by atoms with Gasteiger partial charge in [0, 0.05) is 38.3 Å². The van der Waals surface area contributed by atoms with Crippen LogP contribution < -0.4 is 0 Å². The van der Waals surface area contributed by atoms with Crippen LogP contribution in [0.15, 0.2) is 24.4 Å². The average Bonchev–Trinajstić information content (AvgIpc) is 3.33. The van der Waals surface area contributed by atoms with Gasteiger partial charge in [-0.3, -0.25) is 14.6 Å². The molecule has 20 heavy (non-hydrogen) atoms. The molecular formula is C15H19N3O2. The van der Waals surface area contributed by atoms with E-state index in [9.17, 15) is 9.59 Å². The second kappa shape index (κ2) is 5.61. The summed E-state index contributed by atoms with van der Waals surface area (Å²) in [5.41, 5.74) is 0.481. The predicted molar refractivity (Wildman–Crippen MR) is 74.1 cm³/mol. The second-order valence-corrected chi connectivity index (χ2v) is 5.46. The van der Waals surface area contributed by atoms with Crippen LogP contribution in [0, 0.1) is 5.92 Å². The Morgan fingerprint density at radius 2 is 1.80 bits per heavy atom. The van der Waals surface area contributed by atoms with Crippen molar-refractivity contribution in [3.8, 4) is 0 Å². The molecule has 2 amide bonds. The molecule has 1 aromatic heterocycles. The zero-order chi connectivity index (χ0) is 13.9. The van der Waals surface area contributed by atoms with Gasteiger partial charge in [-0.05, 0) is 31.4 Å². The van der Waals surface area contributed by atoms with Crippen LogP contribution in [0.2, 0.25) is 0 Å². The summed E-state index contributed by atoms with van der Waals surface area (Å²) < 4.78 is 0. The van der Waals surface area contributed by atoms with E-state index in [1.165, 1.54) is 0 Å². The Morgan fingerprint density at radius 3 is 2.50 bits per heavy atom. The van der Waals surface area contributed by atoms with Crippen molar-refractivity contribution in [1.29, 1.82) is 0 Å². The van der Waals surface area contributed by atoms with E-state index in [1.807, 2.05) is 15.9 Å². The molecule has 2 heterocycles. The fourth-order valence-corrected chi connectivity index (χ4v) is 2.58. The topological polar surface area (TPSA) is 53.5 Å². The van der Waals surface area contributed by atoms with E-state index in [-0.39, 0.29) is 17.7 Å². The molecule has 106 valence electrons. The van der Waals surface area contributed by atoms with Crippen LogP contribution in [0.3, 0.4) is 0 Å². The molecule has 0 radical (unpaired) electrons. The number of carbonyl (C=O) groups is 2. The first-order valence-electron chi connectivity index (χ1n) is 7.25. The van der Waals surface area contributed by atoms with E-state index in [2.05, 4.69) is 4.98 Å². The maximum atomic E-state index is 12.3. The molecule has 1 saturated carbocycles. The minimum absolute atomic E-state index is 0.0358. The zero-order valence-corrected chi connectivity index (χ0v) is 11.5. The van der Waals surface area contributed by atoms with Gasteiger partial charge in [0.2, 0.25) is 5.91 Å². The lowest BCUT2D eigenvalue weighted by atomic mass is 10.3. The van der Waals surface area contributed by atoms with Crippen LogP contribution >= 0.6 is 0 Å². The normalized spacial score (nSPS) is 19.6. The fraction of sp³-hybridized carbons (Fsp3) is 0.533. The van der Waals surface area contributed by atoms with Crippen molar-refractivity contribution in [1.82, 2.24) is 14.8 Å². The molecular weight excluding hydrogens is 254 g/mol. The summed E-state index contributed by atoms with van der Waals surface area (Å²) >= 11 is 0. The number of aromatic nitrogens is 1. The Morgan fingerprint density at radius 1 is 1.05 bits per heavy atom. The summed E-state index contributed by atoms with van der Waals surface area (Å²) in [6.45, 7) is 2.72. The van der Waals surface area contributed by atoms with Gasteiger partial charge in [-0.15, -0.1) is 0 Å². The highest BCUT2D eigenvalue weighted by Crippen LogP contribution is 2.31. The largest absolute Gasteiger partial charge is 0.341 e. The molecule has 0 bridgehead atoms. The third-order valence-electron chi connectivity index (χ3n) is 3.91. The summed E-state index contributed by atoms with van der Waals surface area (Å²) in [4.78, 5) is 32.2. The van der Waals surface area contributed by atoms with Gasteiger partial charge in [0.25, 0.3) is 5.91 Å². The monoisotopic (exact) mass is 273 g/mol. The van der Waals surface area contributed by atoms with E-state index < -0.39 is 0 Å².